The van der Waals surface area contributed by atoms with Gasteiger partial charge in [-0.2, -0.15) is 5.10 Å². The number of methoxy groups -OCH3 is 1. The third-order valence-corrected chi connectivity index (χ3v) is 2.23. The number of para-hydroxylation sites is 1. The van der Waals surface area contributed by atoms with Crippen molar-refractivity contribution in [2.45, 2.75) is 0 Å². The molecule has 0 fully saturated rings. The molecule has 0 bridgehead atoms. The van der Waals surface area contributed by atoms with Crippen LogP contribution in [0.15, 0.2) is 30.3 Å². The van der Waals surface area contributed by atoms with Crippen molar-refractivity contribution < 1.29 is 4.74 Å². The molecule has 0 aliphatic heterocycles. The summed E-state index contributed by atoms with van der Waals surface area (Å²) in [7, 11) is 3.50. The highest BCUT2D eigenvalue weighted by Crippen LogP contribution is 2.28. The Morgan fingerprint density at radius 1 is 1.33 bits per heavy atom. The molecule has 4 heteroatoms. The maximum absolute atomic E-state index is 5.27. The molecule has 0 atom stereocenters. The number of hydrogen-bond donors (Lipinski definition) is 2. The van der Waals surface area contributed by atoms with Crippen molar-refractivity contribution in [1.82, 2.24) is 10.2 Å². The number of hydrogen-bond acceptors (Lipinski definition) is 3. The predicted molar refractivity (Wildman–Crippen MR) is 60.1 cm³/mol. The van der Waals surface area contributed by atoms with E-state index in [0.29, 0.717) is 0 Å². The summed E-state index contributed by atoms with van der Waals surface area (Å²) in [4.78, 5) is 0. The molecule has 0 unspecified atom stereocenters. The lowest BCUT2D eigenvalue weighted by Crippen LogP contribution is -1.87. The third-order valence-electron chi connectivity index (χ3n) is 2.23. The zero-order chi connectivity index (χ0) is 10.7. The predicted octanol–water partition coefficient (Wildman–Crippen LogP) is 2.13. The number of ether oxygens (including phenoxy) is 1. The minimum atomic E-state index is 0.816. The normalized spacial score (nSPS) is 10.0. The average Bonchev–Trinajstić information content (AvgIpc) is 2.77. The van der Waals surface area contributed by atoms with Crippen LogP contribution in [0.4, 0.5) is 5.82 Å². The van der Waals surface area contributed by atoms with Gasteiger partial charge >= 0.3 is 0 Å². The van der Waals surface area contributed by atoms with Crippen LogP contribution in [0.2, 0.25) is 0 Å². The Morgan fingerprint density at radius 2 is 2.13 bits per heavy atom. The van der Waals surface area contributed by atoms with Crippen molar-refractivity contribution in [2.75, 3.05) is 19.5 Å². The summed E-state index contributed by atoms with van der Waals surface area (Å²) >= 11 is 0. The number of nitrogens with zero attached hydrogens (tertiary/aromatic N) is 1. The van der Waals surface area contributed by atoms with E-state index in [-0.39, 0.29) is 0 Å². The molecule has 1 aromatic carbocycles. The Labute approximate surface area is 88.3 Å². The topological polar surface area (TPSA) is 49.9 Å². The molecule has 1 aromatic heterocycles. The van der Waals surface area contributed by atoms with Gasteiger partial charge in [-0.1, -0.05) is 12.1 Å². The van der Waals surface area contributed by atoms with Crippen LogP contribution >= 0.6 is 0 Å². The quantitative estimate of drug-likeness (QED) is 0.803. The van der Waals surface area contributed by atoms with Crippen molar-refractivity contribution in [3.63, 3.8) is 0 Å². The van der Waals surface area contributed by atoms with Gasteiger partial charge in [-0.25, -0.2) is 0 Å². The lowest BCUT2D eigenvalue weighted by Gasteiger charge is -2.04. The molecular formula is C11H13N3O. The maximum atomic E-state index is 5.27. The molecule has 0 saturated heterocycles. The summed E-state index contributed by atoms with van der Waals surface area (Å²) in [5, 5.41) is 10.0. The number of aromatic amines is 1. The van der Waals surface area contributed by atoms with E-state index >= 15 is 0 Å². The summed E-state index contributed by atoms with van der Waals surface area (Å²) in [5.41, 5.74) is 1.95. The number of anilines is 1. The van der Waals surface area contributed by atoms with Crippen LogP contribution in [-0.2, 0) is 0 Å². The highest BCUT2D eigenvalue weighted by molar-refractivity contribution is 5.69. The number of aromatic nitrogens is 2. The zero-order valence-corrected chi connectivity index (χ0v) is 8.74. The summed E-state index contributed by atoms with van der Waals surface area (Å²) in [6.07, 6.45) is 0. The van der Waals surface area contributed by atoms with E-state index in [2.05, 4.69) is 15.5 Å². The molecule has 0 amide bonds. The number of benzene rings is 1. The van der Waals surface area contributed by atoms with Gasteiger partial charge in [0.25, 0.3) is 0 Å². The molecule has 0 aliphatic rings. The van der Waals surface area contributed by atoms with Crippen LogP contribution in [0.1, 0.15) is 0 Å². The summed E-state index contributed by atoms with van der Waals surface area (Å²) in [5.74, 6) is 1.65. The van der Waals surface area contributed by atoms with Gasteiger partial charge in [0.05, 0.1) is 12.8 Å². The Morgan fingerprint density at radius 3 is 2.80 bits per heavy atom. The maximum Gasteiger partial charge on any atom is 0.148 e. The van der Waals surface area contributed by atoms with Crippen LogP contribution in [0.25, 0.3) is 11.3 Å². The van der Waals surface area contributed by atoms with Gasteiger partial charge in [-0.15, -0.1) is 0 Å². The second-order valence-electron chi connectivity index (χ2n) is 3.12. The molecule has 0 aliphatic carbocycles. The van der Waals surface area contributed by atoms with Crippen molar-refractivity contribution >= 4 is 5.82 Å². The average molecular weight is 203 g/mol. The van der Waals surface area contributed by atoms with Crippen LogP contribution in [0.3, 0.4) is 0 Å². The standard InChI is InChI=1S/C11H13N3O/c1-12-11-7-9(13-14-11)8-5-3-4-6-10(8)15-2/h3-7H,1-2H3,(H2,12,13,14). The van der Waals surface area contributed by atoms with Gasteiger partial charge < -0.3 is 10.1 Å². The lowest BCUT2D eigenvalue weighted by atomic mass is 10.1. The smallest absolute Gasteiger partial charge is 0.148 e. The SMILES string of the molecule is CNc1cc(-c2ccccc2OC)[nH]n1. The molecule has 1 heterocycles. The Balaban J connectivity index is 2.44. The first-order chi connectivity index (χ1) is 7.35. The zero-order valence-electron chi connectivity index (χ0n) is 8.74. The highest BCUT2D eigenvalue weighted by atomic mass is 16.5. The lowest BCUT2D eigenvalue weighted by molar-refractivity contribution is 0.416. The second kappa shape index (κ2) is 4.04. The number of H-pyrrole nitrogens is 1. The molecular weight excluding hydrogens is 190 g/mol. The molecule has 0 spiro atoms. The fourth-order valence-electron chi connectivity index (χ4n) is 1.45. The molecule has 0 saturated carbocycles. The van der Waals surface area contributed by atoms with E-state index < -0.39 is 0 Å². The van der Waals surface area contributed by atoms with Crippen LogP contribution in [-0.4, -0.2) is 24.4 Å². The summed E-state index contributed by atoms with van der Waals surface area (Å²) in [6.45, 7) is 0. The number of rotatable bonds is 3. The van der Waals surface area contributed by atoms with Crippen molar-refractivity contribution in [2.24, 2.45) is 0 Å². The van der Waals surface area contributed by atoms with E-state index in [4.69, 9.17) is 4.74 Å². The molecule has 0 radical (unpaired) electrons. The summed E-state index contributed by atoms with van der Waals surface area (Å²) < 4.78 is 5.27. The third kappa shape index (κ3) is 1.79. The van der Waals surface area contributed by atoms with Gasteiger partial charge in [0.1, 0.15) is 11.6 Å². The van der Waals surface area contributed by atoms with Gasteiger partial charge in [-0.05, 0) is 12.1 Å². The number of nitrogens with one attached hydrogen (secondary N) is 2. The van der Waals surface area contributed by atoms with E-state index in [1.165, 1.54) is 0 Å². The second-order valence-corrected chi connectivity index (χ2v) is 3.12. The van der Waals surface area contributed by atoms with Gasteiger partial charge in [0.15, 0.2) is 0 Å². The fraction of sp³-hybridized carbons (Fsp3) is 0.182. The minimum Gasteiger partial charge on any atom is -0.496 e. The van der Waals surface area contributed by atoms with Crippen molar-refractivity contribution in [3.8, 4) is 17.0 Å². The van der Waals surface area contributed by atoms with Gasteiger partial charge in [0.2, 0.25) is 0 Å². The summed E-state index contributed by atoms with van der Waals surface area (Å²) in [6, 6.07) is 9.77. The van der Waals surface area contributed by atoms with Crippen LogP contribution in [0, 0.1) is 0 Å². The highest BCUT2D eigenvalue weighted by Gasteiger charge is 2.07. The van der Waals surface area contributed by atoms with E-state index in [0.717, 1.165) is 22.8 Å². The molecule has 2 rings (SSSR count). The largest absolute Gasteiger partial charge is 0.496 e. The Hall–Kier alpha value is -1.97. The molecule has 15 heavy (non-hydrogen) atoms. The molecule has 2 N–H and O–H groups in total. The molecule has 78 valence electrons. The van der Waals surface area contributed by atoms with Gasteiger partial charge in [0, 0.05) is 18.7 Å². The molecule has 4 nitrogen and oxygen atoms in total. The first kappa shape index (κ1) is 9.58. The van der Waals surface area contributed by atoms with E-state index in [1.807, 2.05) is 37.4 Å². The van der Waals surface area contributed by atoms with Crippen LogP contribution < -0.4 is 10.1 Å². The Kier molecular flexibility index (Phi) is 2.58. The first-order valence-electron chi connectivity index (χ1n) is 4.71. The van der Waals surface area contributed by atoms with Gasteiger partial charge in [-0.3, -0.25) is 5.10 Å². The fourth-order valence-corrected chi connectivity index (χ4v) is 1.45. The minimum absolute atomic E-state index is 0.816. The first-order valence-corrected chi connectivity index (χ1v) is 4.71. The van der Waals surface area contributed by atoms with E-state index in [1.54, 1.807) is 7.11 Å². The monoisotopic (exact) mass is 203 g/mol. The van der Waals surface area contributed by atoms with Crippen molar-refractivity contribution in [3.05, 3.63) is 30.3 Å². The van der Waals surface area contributed by atoms with E-state index in [9.17, 15) is 0 Å². The van der Waals surface area contributed by atoms with Crippen LogP contribution in [0.5, 0.6) is 5.75 Å². The van der Waals surface area contributed by atoms with Crippen molar-refractivity contribution in [1.29, 1.82) is 0 Å². The molecule has 2 aromatic rings. The Bertz CT molecular complexity index is 451.